The first-order valence-corrected chi connectivity index (χ1v) is 27.0. The highest BCUT2D eigenvalue weighted by Crippen LogP contribution is 2.40. The molecule has 0 spiro atoms. The van der Waals surface area contributed by atoms with Gasteiger partial charge in [-0.3, -0.25) is 33.9 Å². The van der Waals surface area contributed by atoms with Crippen LogP contribution in [0.5, 0.6) is 28.7 Å². The summed E-state index contributed by atoms with van der Waals surface area (Å²) >= 11 is 0. The number of amides is 5. The normalized spacial score (nSPS) is 18.4. The number of pyridine rings is 1. The number of rotatable bonds is 29. The number of benzene rings is 2. The molecule has 0 aliphatic carbocycles. The van der Waals surface area contributed by atoms with Gasteiger partial charge in [-0.05, 0) is 45.2 Å². The van der Waals surface area contributed by atoms with Gasteiger partial charge in [0, 0.05) is 83.0 Å². The standard InChI is InChI=1S/C57H71N7O16/c1-6-37-23-41-31-58-46-29-50(48(72-4)27-44(46)56(69)62(41)33-37)78-35-39-25-43(26-40(60-39)36-79-51-30-47-45(28-49(51)73-5)57(70)63-34-38(7-2)24-42(63)32-59-47)77-16-14-61(13-8-9-55(68)80-64-53(66)10-11-54(64)67)52(65)12-15-74-19-20-76-22-21-75-18-17-71-3/h6-7,25-31,41-42,59H,8-24,32-36H2,1-5H3/b37-6+,38-7+/t41-,42-/m0/s1. The number of ether oxygens (including phenoxy) is 9. The topological polar surface area (TPSA) is 245 Å². The van der Waals surface area contributed by atoms with Crippen molar-refractivity contribution >= 4 is 53.1 Å². The molecule has 8 rings (SSSR count). The Morgan fingerprint density at radius 3 is 1.95 bits per heavy atom. The second-order valence-corrected chi connectivity index (χ2v) is 19.4. The number of hydrogen-bond acceptors (Lipinski definition) is 19. The summed E-state index contributed by atoms with van der Waals surface area (Å²) in [5.74, 6) is -0.725. The zero-order valence-electron chi connectivity index (χ0n) is 46.1. The molecule has 2 atom stereocenters. The van der Waals surface area contributed by atoms with Crippen LogP contribution in [0.3, 0.4) is 0 Å². The largest absolute Gasteiger partial charge is 0.493 e. The Bertz CT molecular complexity index is 2820. The number of hydrogen-bond donors (Lipinski definition) is 1. The van der Waals surface area contributed by atoms with Crippen molar-refractivity contribution in [3.8, 4) is 28.7 Å². The molecule has 0 radical (unpaired) electrons. The first-order chi connectivity index (χ1) is 38.9. The molecule has 0 bridgehead atoms. The average molecular weight is 1110 g/mol. The van der Waals surface area contributed by atoms with E-state index < -0.39 is 17.8 Å². The van der Waals surface area contributed by atoms with Gasteiger partial charge in [0.2, 0.25) is 5.91 Å². The van der Waals surface area contributed by atoms with Crippen molar-refractivity contribution in [2.45, 2.75) is 84.1 Å². The Hall–Kier alpha value is -7.60. The number of anilines is 1. The summed E-state index contributed by atoms with van der Waals surface area (Å²) in [5.41, 5.74) is 5.18. The molecule has 430 valence electrons. The lowest BCUT2D eigenvalue weighted by Gasteiger charge is -2.23. The highest BCUT2D eigenvalue weighted by atomic mass is 16.7. The molecule has 5 aliphatic rings. The fourth-order valence-corrected chi connectivity index (χ4v) is 9.77. The molecule has 5 amide bonds. The minimum Gasteiger partial charge on any atom is -0.493 e. The lowest BCUT2D eigenvalue weighted by Crippen LogP contribution is -2.37. The molecule has 80 heavy (non-hydrogen) atoms. The number of nitrogens with zero attached hydrogens (tertiary/aromatic N) is 6. The Balaban J connectivity index is 0.974. The Labute approximate surface area is 464 Å². The van der Waals surface area contributed by atoms with Crippen LogP contribution >= 0.6 is 0 Å². The summed E-state index contributed by atoms with van der Waals surface area (Å²) in [7, 11) is 4.60. The second-order valence-electron chi connectivity index (χ2n) is 19.4. The molecular weight excluding hydrogens is 1040 g/mol. The van der Waals surface area contributed by atoms with Gasteiger partial charge in [0.1, 0.15) is 25.6 Å². The van der Waals surface area contributed by atoms with E-state index in [0.717, 1.165) is 12.0 Å². The molecule has 1 aromatic heterocycles. The van der Waals surface area contributed by atoms with E-state index in [0.29, 0.717) is 127 Å². The predicted molar refractivity (Wildman–Crippen MR) is 289 cm³/mol. The lowest BCUT2D eigenvalue weighted by atomic mass is 10.1. The summed E-state index contributed by atoms with van der Waals surface area (Å²) in [5, 5.41) is 3.95. The van der Waals surface area contributed by atoms with Crippen molar-refractivity contribution in [3.05, 3.63) is 82.2 Å². The third-order valence-corrected chi connectivity index (χ3v) is 14.1. The van der Waals surface area contributed by atoms with Crippen LogP contribution in [0.2, 0.25) is 0 Å². The van der Waals surface area contributed by atoms with Crippen molar-refractivity contribution in [2.75, 3.05) is 112 Å². The maximum atomic E-state index is 13.8. The maximum absolute atomic E-state index is 13.8. The van der Waals surface area contributed by atoms with Crippen molar-refractivity contribution in [1.82, 2.24) is 24.7 Å². The number of carbonyl (C=O) groups is 6. The van der Waals surface area contributed by atoms with Gasteiger partial charge in [-0.15, -0.1) is 5.06 Å². The van der Waals surface area contributed by atoms with E-state index in [9.17, 15) is 28.8 Å². The highest BCUT2D eigenvalue weighted by molar-refractivity contribution is 6.04. The average Bonchev–Trinajstić information content (AvgIpc) is 4.16. The summed E-state index contributed by atoms with van der Waals surface area (Å²) < 4.78 is 52.3. The van der Waals surface area contributed by atoms with E-state index in [2.05, 4.69) is 11.4 Å². The molecule has 3 aromatic rings. The van der Waals surface area contributed by atoms with Gasteiger partial charge < -0.3 is 67.5 Å². The Morgan fingerprint density at radius 1 is 0.675 bits per heavy atom. The van der Waals surface area contributed by atoms with Gasteiger partial charge in [-0.25, -0.2) is 4.79 Å². The van der Waals surface area contributed by atoms with E-state index >= 15 is 0 Å². The number of fused-ring (bicyclic) bond motifs is 4. The van der Waals surface area contributed by atoms with Gasteiger partial charge in [-0.2, -0.15) is 0 Å². The molecular formula is C57H71N7O16. The molecule has 23 heteroatoms. The minimum atomic E-state index is -0.782. The quantitative estimate of drug-likeness (QED) is 0.0519. The number of carbonyl (C=O) groups excluding carboxylic acids is 6. The van der Waals surface area contributed by atoms with Crippen molar-refractivity contribution in [2.24, 2.45) is 4.99 Å². The van der Waals surface area contributed by atoms with Crippen molar-refractivity contribution in [3.63, 3.8) is 0 Å². The minimum absolute atomic E-state index is 0.00283. The molecule has 0 saturated carbocycles. The van der Waals surface area contributed by atoms with Crippen LogP contribution in [0.4, 0.5) is 11.4 Å². The van der Waals surface area contributed by atoms with Gasteiger partial charge in [-0.1, -0.05) is 23.3 Å². The maximum Gasteiger partial charge on any atom is 0.333 e. The molecule has 6 heterocycles. The SMILES string of the molecule is C/C=C1\C[C@H]2CNc3cc(OCc4cc(OCCN(CCCC(=O)ON5C(=O)CCC5=O)C(=O)CCOCCOCCOCCOC)cc(COc5cc6c(cc5OC)C(=O)N5C/C(=C/C)C[C@H]5C=N6)n4)c(OC)cc3C(=O)N2C1. The fraction of sp³-hybridized carbons (Fsp3) is 0.509. The molecule has 5 aliphatic heterocycles. The van der Waals surface area contributed by atoms with E-state index in [1.807, 2.05) is 24.8 Å². The smallest absolute Gasteiger partial charge is 0.333 e. The van der Waals surface area contributed by atoms with Crippen LogP contribution in [0.25, 0.3) is 0 Å². The number of methoxy groups -OCH3 is 3. The van der Waals surface area contributed by atoms with Gasteiger partial charge in [0.15, 0.2) is 23.0 Å². The number of imide groups is 1. The first kappa shape index (κ1) is 58.5. The summed E-state index contributed by atoms with van der Waals surface area (Å²) in [6, 6.07) is 10.0. The van der Waals surface area contributed by atoms with E-state index in [4.69, 9.17) is 57.4 Å². The fourth-order valence-electron chi connectivity index (χ4n) is 9.77. The van der Waals surface area contributed by atoms with Crippen molar-refractivity contribution < 1.29 is 76.2 Å². The zero-order chi connectivity index (χ0) is 56.5. The molecule has 3 saturated heterocycles. The Kier molecular flexibility index (Phi) is 20.9. The zero-order valence-corrected chi connectivity index (χ0v) is 46.1. The van der Waals surface area contributed by atoms with E-state index in [1.165, 1.54) is 19.8 Å². The first-order valence-electron chi connectivity index (χ1n) is 27.0. The Morgan fingerprint density at radius 2 is 1.29 bits per heavy atom. The molecule has 3 fully saturated rings. The number of nitrogens with one attached hydrogen (secondary N) is 1. The summed E-state index contributed by atoms with van der Waals surface area (Å²) in [4.78, 5) is 98.1. The lowest BCUT2D eigenvalue weighted by molar-refractivity contribution is -0.197. The van der Waals surface area contributed by atoms with Gasteiger partial charge >= 0.3 is 5.97 Å². The van der Waals surface area contributed by atoms with Crippen LogP contribution < -0.4 is 29.0 Å². The van der Waals surface area contributed by atoms with E-state index in [-0.39, 0.29) is 108 Å². The third kappa shape index (κ3) is 15.0. The van der Waals surface area contributed by atoms with Crippen LogP contribution in [-0.2, 0) is 56.2 Å². The number of aromatic nitrogens is 1. The van der Waals surface area contributed by atoms with Gasteiger partial charge in [0.05, 0.1) is 119 Å². The summed E-state index contributed by atoms with van der Waals surface area (Å²) in [6.07, 6.45) is 7.33. The van der Waals surface area contributed by atoms with E-state index in [1.54, 1.807) is 59.5 Å². The monoisotopic (exact) mass is 1110 g/mol. The number of aliphatic imine (C=N–C) groups is 1. The number of hydroxylamine groups is 2. The molecule has 23 nitrogen and oxygen atoms in total. The van der Waals surface area contributed by atoms with Crippen LogP contribution in [0, 0.1) is 0 Å². The highest BCUT2D eigenvalue weighted by Gasteiger charge is 2.37. The van der Waals surface area contributed by atoms with Gasteiger partial charge in [0.25, 0.3) is 23.6 Å². The van der Waals surface area contributed by atoms with Crippen LogP contribution in [0.1, 0.15) is 90.9 Å². The van der Waals surface area contributed by atoms with Crippen molar-refractivity contribution in [1.29, 1.82) is 0 Å². The van der Waals surface area contributed by atoms with Crippen LogP contribution in [0.15, 0.2) is 64.7 Å². The second kappa shape index (κ2) is 28.5. The third-order valence-electron chi connectivity index (χ3n) is 14.1. The molecule has 1 N–H and O–H groups in total. The predicted octanol–water partition coefficient (Wildman–Crippen LogP) is 5.40. The number of allylic oxidation sites excluding steroid dienone is 2. The van der Waals surface area contributed by atoms with Crippen LogP contribution in [-0.4, -0.2) is 185 Å². The molecule has 0 unspecified atom stereocenters. The molecule has 2 aromatic carbocycles. The summed E-state index contributed by atoms with van der Waals surface area (Å²) in [6.45, 7) is 8.08.